The summed E-state index contributed by atoms with van der Waals surface area (Å²) < 4.78 is 26.7. The Morgan fingerprint density at radius 2 is 2.04 bits per heavy atom. The van der Waals surface area contributed by atoms with Gasteiger partial charge in [-0.25, -0.2) is 18.7 Å². The van der Waals surface area contributed by atoms with Gasteiger partial charge >= 0.3 is 0 Å². The maximum absolute atomic E-state index is 12.9. The highest BCUT2D eigenvalue weighted by atomic mass is 19.3. The SMILES string of the molecule is Cc1ccc(NC(=O)C(CC2CCCC2)n2cnc(C(F)F)cc2=O)nc1. The molecule has 1 N–H and O–H groups in total. The maximum Gasteiger partial charge on any atom is 0.280 e. The molecule has 6 nitrogen and oxygen atoms in total. The van der Waals surface area contributed by atoms with Crippen molar-refractivity contribution in [3.8, 4) is 0 Å². The summed E-state index contributed by atoms with van der Waals surface area (Å²) in [6.07, 6.45) is 4.48. The average molecular weight is 376 g/mol. The molecule has 2 aromatic rings. The van der Waals surface area contributed by atoms with Gasteiger partial charge in [0.2, 0.25) is 5.91 Å². The standard InChI is InChI=1S/C19H22F2N4O2/c1-12-6-7-16(22-10-12)24-19(27)15(8-13-4-2-3-5-13)25-11-23-14(18(20)21)9-17(25)26/h6-7,9-11,13,15,18H,2-5,8H2,1H3,(H,22,24,27). The molecule has 1 amide bonds. The van der Waals surface area contributed by atoms with E-state index >= 15 is 0 Å². The van der Waals surface area contributed by atoms with Crippen LogP contribution in [0, 0.1) is 12.8 Å². The number of hydrogen-bond acceptors (Lipinski definition) is 4. The van der Waals surface area contributed by atoms with Crippen LogP contribution in [0.15, 0.2) is 35.5 Å². The molecule has 1 aliphatic rings. The van der Waals surface area contributed by atoms with Gasteiger partial charge in [-0.1, -0.05) is 31.7 Å². The van der Waals surface area contributed by atoms with Crippen LogP contribution in [0.2, 0.25) is 0 Å². The fourth-order valence-corrected chi connectivity index (χ4v) is 3.44. The van der Waals surface area contributed by atoms with Gasteiger partial charge in [-0.05, 0) is 30.9 Å². The van der Waals surface area contributed by atoms with Crippen LogP contribution in [0.1, 0.15) is 55.8 Å². The summed E-state index contributed by atoms with van der Waals surface area (Å²) in [5, 5.41) is 2.72. The Morgan fingerprint density at radius 3 is 2.63 bits per heavy atom. The summed E-state index contributed by atoms with van der Waals surface area (Å²) in [5.41, 5.74) is -0.287. The van der Waals surface area contributed by atoms with Crippen molar-refractivity contribution in [1.82, 2.24) is 14.5 Å². The summed E-state index contributed by atoms with van der Waals surface area (Å²) >= 11 is 0. The van der Waals surface area contributed by atoms with E-state index < -0.39 is 29.6 Å². The molecule has 0 spiro atoms. The summed E-state index contributed by atoms with van der Waals surface area (Å²) in [4.78, 5) is 33.0. The van der Waals surface area contributed by atoms with Crippen molar-refractivity contribution >= 4 is 11.7 Å². The average Bonchev–Trinajstić information content (AvgIpc) is 3.15. The first-order valence-electron chi connectivity index (χ1n) is 9.04. The summed E-state index contributed by atoms with van der Waals surface area (Å²) in [6.45, 7) is 1.89. The minimum absolute atomic E-state index is 0.313. The van der Waals surface area contributed by atoms with E-state index in [1.807, 2.05) is 13.0 Å². The molecule has 0 saturated heterocycles. The number of hydrogen-bond donors (Lipinski definition) is 1. The molecule has 0 aliphatic heterocycles. The quantitative estimate of drug-likeness (QED) is 0.835. The van der Waals surface area contributed by atoms with E-state index in [-0.39, 0.29) is 0 Å². The van der Waals surface area contributed by atoms with Crippen LogP contribution >= 0.6 is 0 Å². The number of nitrogens with one attached hydrogen (secondary N) is 1. The van der Waals surface area contributed by atoms with Crippen molar-refractivity contribution in [2.75, 3.05) is 5.32 Å². The van der Waals surface area contributed by atoms with Crippen LogP contribution in [0.3, 0.4) is 0 Å². The Kier molecular flexibility index (Phi) is 5.93. The minimum Gasteiger partial charge on any atom is -0.309 e. The Morgan fingerprint density at radius 1 is 1.30 bits per heavy atom. The zero-order chi connectivity index (χ0) is 19.4. The highest BCUT2D eigenvalue weighted by molar-refractivity contribution is 5.92. The second-order valence-corrected chi connectivity index (χ2v) is 6.97. The number of amides is 1. The van der Waals surface area contributed by atoms with Gasteiger partial charge in [-0.3, -0.25) is 14.2 Å². The first kappa shape index (κ1) is 19.1. The highest BCUT2D eigenvalue weighted by Gasteiger charge is 2.28. The zero-order valence-electron chi connectivity index (χ0n) is 15.1. The molecular weight excluding hydrogens is 354 g/mol. The molecule has 1 aliphatic carbocycles. The van der Waals surface area contributed by atoms with Crippen LogP contribution in [-0.4, -0.2) is 20.4 Å². The molecule has 2 heterocycles. The summed E-state index contributed by atoms with van der Waals surface area (Å²) in [6, 6.07) is 3.48. The lowest BCUT2D eigenvalue weighted by atomic mass is 9.97. The minimum atomic E-state index is -2.83. The van der Waals surface area contributed by atoms with E-state index in [1.54, 1.807) is 12.3 Å². The van der Waals surface area contributed by atoms with Gasteiger partial charge in [0.05, 0.1) is 6.33 Å². The van der Waals surface area contributed by atoms with Crippen molar-refractivity contribution in [2.45, 2.75) is 51.5 Å². The largest absolute Gasteiger partial charge is 0.309 e. The number of aromatic nitrogens is 3. The smallest absolute Gasteiger partial charge is 0.280 e. The highest BCUT2D eigenvalue weighted by Crippen LogP contribution is 2.32. The number of pyridine rings is 1. The number of alkyl halides is 2. The third kappa shape index (κ3) is 4.75. The van der Waals surface area contributed by atoms with Gasteiger partial charge in [0.25, 0.3) is 12.0 Å². The maximum atomic E-state index is 12.9. The van der Waals surface area contributed by atoms with Gasteiger partial charge in [-0.2, -0.15) is 0 Å². The second-order valence-electron chi connectivity index (χ2n) is 6.97. The van der Waals surface area contributed by atoms with Crippen molar-refractivity contribution in [3.63, 3.8) is 0 Å². The predicted octanol–water partition coefficient (Wildman–Crippen LogP) is 3.64. The Hall–Kier alpha value is -2.64. The lowest BCUT2D eigenvalue weighted by Crippen LogP contribution is -2.35. The molecule has 8 heteroatoms. The number of aryl methyl sites for hydroxylation is 1. The summed E-state index contributed by atoms with van der Waals surface area (Å²) in [7, 11) is 0. The van der Waals surface area contributed by atoms with Crippen LogP contribution in [0.5, 0.6) is 0 Å². The number of anilines is 1. The van der Waals surface area contributed by atoms with Crippen LogP contribution in [0.4, 0.5) is 14.6 Å². The molecule has 27 heavy (non-hydrogen) atoms. The molecule has 2 aromatic heterocycles. The monoisotopic (exact) mass is 376 g/mol. The Labute approximate surface area is 155 Å². The van der Waals surface area contributed by atoms with Gasteiger partial charge in [0.1, 0.15) is 17.6 Å². The van der Waals surface area contributed by atoms with E-state index in [0.29, 0.717) is 18.2 Å². The second kappa shape index (κ2) is 8.37. The first-order chi connectivity index (χ1) is 12.9. The van der Waals surface area contributed by atoms with Crippen LogP contribution < -0.4 is 10.9 Å². The van der Waals surface area contributed by atoms with Crippen LogP contribution in [0.25, 0.3) is 0 Å². The lowest BCUT2D eigenvalue weighted by molar-refractivity contribution is -0.119. The fourth-order valence-electron chi connectivity index (χ4n) is 3.44. The predicted molar refractivity (Wildman–Crippen MR) is 96.7 cm³/mol. The Bertz CT molecular complexity index is 846. The Balaban J connectivity index is 1.87. The van der Waals surface area contributed by atoms with Gasteiger partial charge in [0, 0.05) is 12.3 Å². The molecule has 0 radical (unpaired) electrons. The van der Waals surface area contributed by atoms with Crippen molar-refractivity contribution < 1.29 is 13.6 Å². The van der Waals surface area contributed by atoms with E-state index in [4.69, 9.17) is 0 Å². The number of rotatable bonds is 6. The van der Waals surface area contributed by atoms with Crippen molar-refractivity contribution in [2.24, 2.45) is 5.92 Å². The van der Waals surface area contributed by atoms with E-state index in [9.17, 15) is 18.4 Å². The normalized spacial score (nSPS) is 15.9. The topological polar surface area (TPSA) is 76.9 Å². The first-order valence-corrected chi connectivity index (χ1v) is 9.04. The van der Waals surface area contributed by atoms with Gasteiger partial charge < -0.3 is 5.32 Å². The molecule has 1 unspecified atom stereocenters. The van der Waals surface area contributed by atoms with Crippen LogP contribution in [-0.2, 0) is 4.79 Å². The molecule has 0 aromatic carbocycles. The van der Waals surface area contributed by atoms with Crippen molar-refractivity contribution in [1.29, 1.82) is 0 Å². The third-order valence-electron chi connectivity index (χ3n) is 4.91. The van der Waals surface area contributed by atoms with Gasteiger partial charge in [0.15, 0.2) is 0 Å². The molecule has 144 valence electrons. The van der Waals surface area contributed by atoms with E-state index in [2.05, 4.69) is 15.3 Å². The fraction of sp³-hybridized carbons (Fsp3) is 0.474. The number of nitrogens with zero attached hydrogens (tertiary/aromatic N) is 3. The molecule has 1 saturated carbocycles. The molecule has 0 bridgehead atoms. The zero-order valence-corrected chi connectivity index (χ0v) is 15.1. The van der Waals surface area contributed by atoms with Crippen molar-refractivity contribution in [3.05, 3.63) is 52.3 Å². The van der Waals surface area contributed by atoms with Gasteiger partial charge in [-0.15, -0.1) is 0 Å². The number of carbonyl (C=O) groups excluding carboxylic acids is 1. The van der Waals surface area contributed by atoms with E-state index in [1.165, 1.54) is 0 Å². The number of carbonyl (C=O) groups is 1. The number of halogens is 2. The molecule has 1 fully saturated rings. The lowest BCUT2D eigenvalue weighted by Gasteiger charge is -2.22. The molecular formula is C19H22F2N4O2. The molecule has 1 atom stereocenters. The third-order valence-corrected chi connectivity index (χ3v) is 4.91. The summed E-state index contributed by atoms with van der Waals surface area (Å²) in [5.74, 6) is 0.299. The van der Waals surface area contributed by atoms with E-state index in [0.717, 1.165) is 48.2 Å². The molecule has 3 rings (SSSR count).